The standard InChI is InChI=1S/C5H7ClN5.2Y/c1-7-4-9-3(6)10-5(8-2)11-4;;/h1-2H3,(H-,7,8,9,10,11);;/q-1;;. The molecule has 1 heterocycles. The fourth-order valence-corrected chi connectivity index (χ4v) is 0.707. The van der Waals surface area contributed by atoms with E-state index in [4.69, 9.17) is 11.6 Å². The summed E-state index contributed by atoms with van der Waals surface area (Å²) < 4.78 is 0. The minimum Gasteiger partial charge on any atom is -0.397 e. The molecule has 0 bridgehead atoms. The number of nitrogens with zero attached hydrogens (tertiary/aromatic N) is 4. The van der Waals surface area contributed by atoms with Crippen LogP contribution in [-0.2, 0) is 65.4 Å². The van der Waals surface area contributed by atoms with Crippen molar-refractivity contribution in [2.24, 2.45) is 0 Å². The van der Waals surface area contributed by atoms with Gasteiger partial charge in [0, 0.05) is 78.4 Å². The number of nitrogens with one attached hydrogen (secondary N) is 1. The first-order valence-electron chi connectivity index (χ1n) is 2.95. The van der Waals surface area contributed by atoms with Gasteiger partial charge in [-0.3, -0.25) is 0 Å². The number of anilines is 1. The van der Waals surface area contributed by atoms with Crippen molar-refractivity contribution >= 4 is 23.5 Å². The van der Waals surface area contributed by atoms with Crippen LogP contribution in [0.15, 0.2) is 0 Å². The SMILES string of the molecule is C[N-]c1nc(Cl)nc(NC)n1.[Y].[Y]. The van der Waals surface area contributed by atoms with Crippen molar-refractivity contribution in [1.82, 2.24) is 15.0 Å². The molecule has 0 aliphatic rings. The Kier molecular flexibility index (Phi) is 10.7. The second-order valence-electron chi connectivity index (χ2n) is 1.70. The van der Waals surface area contributed by atoms with Crippen LogP contribution in [-0.4, -0.2) is 29.0 Å². The van der Waals surface area contributed by atoms with Gasteiger partial charge in [0.05, 0.1) is 0 Å². The molecule has 0 spiro atoms. The maximum absolute atomic E-state index is 5.55. The van der Waals surface area contributed by atoms with Gasteiger partial charge in [-0.15, -0.1) is 0 Å². The zero-order valence-corrected chi connectivity index (χ0v) is 13.8. The zero-order valence-electron chi connectivity index (χ0n) is 7.32. The van der Waals surface area contributed by atoms with Crippen LogP contribution >= 0.6 is 11.6 Å². The predicted octanol–water partition coefficient (Wildman–Crippen LogP) is 1.20. The van der Waals surface area contributed by atoms with Gasteiger partial charge < -0.3 is 20.6 Å². The van der Waals surface area contributed by atoms with E-state index < -0.39 is 0 Å². The molecule has 66 valence electrons. The number of halogens is 1. The number of rotatable bonds is 2. The van der Waals surface area contributed by atoms with Crippen molar-refractivity contribution in [3.63, 3.8) is 0 Å². The first-order chi connectivity index (χ1) is 5.26. The van der Waals surface area contributed by atoms with Gasteiger partial charge in [0.15, 0.2) is 11.2 Å². The molecule has 2 radical (unpaired) electrons. The van der Waals surface area contributed by atoms with E-state index in [-0.39, 0.29) is 70.7 Å². The predicted molar refractivity (Wildman–Crippen MR) is 43.3 cm³/mol. The molecular weight excluding hydrogens is 343 g/mol. The van der Waals surface area contributed by atoms with Gasteiger partial charge >= 0.3 is 0 Å². The third-order valence-electron chi connectivity index (χ3n) is 1.02. The molecule has 0 saturated heterocycles. The Bertz CT molecular complexity index is 236. The first kappa shape index (κ1) is 16.5. The van der Waals surface area contributed by atoms with Crippen LogP contribution in [0, 0.1) is 0 Å². The van der Waals surface area contributed by atoms with E-state index in [1.54, 1.807) is 14.1 Å². The van der Waals surface area contributed by atoms with Gasteiger partial charge in [0.1, 0.15) is 0 Å². The molecule has 0 aliphatic heterocycles. The van der Waals surface area contributed by atoms with Crippen molar-refractivity contribution in [3.8, 4) is 0 Å². The molecule has 0 unspecified atom stereocenters. The third-order valence-corrected chi connectivity index (χ3v) is 1.19. The molecule has 1 N–H and O–H groups in total. The fraction of sp³-hybridized carbons (Fsp3) is 0.400. The minimum atomic E-state index is 0. The maximum Gasteiger partial charge on any atom is 0.154 e. The van der Waals surface area contributed by atoms with Crippen LogP contribution in [0.5, 0.6) is 0 Å². The normalized spacial score (nSPS) is 7.92. The number of hydrogen-bond donors (Lipinski definition) is 1. The van der Waals surface area contributed by atoms with Gasteiger partial charge in [-0.05, 0) is 7.05 Å². The smallest absolute Gasteiger partial charge is 0.154 e. The molecule has 1 aromatic rings. The van der Waals surface area contributed by atoms with Gasteiger partial charge in [-0.25, -0.2) is 4.98 Å². The molecule has 0 aromatic carbocycles. The van der Waals surface area contributed by atoms with Crippen LogP contribution in [0.2, 0.25) is 5.28 Å². The second-order valence-corrected chi connectivity index (χ2v) is 2.04. The quantitative estimate of drug-likeness (QED) is 0.870. The summed E-state index contributed by atoms with van der Waals surface area (Å²) in [5, 5.41) is 6.63. The second kappa shape index (κ2) is 8.42. The molecule has 8 heteroatoms. The number of hydrogen-bond acceptors (Lipinski definition) is 4. The summed E-state index contributed by atoms with van der Waals surface area (Å²) in [4.78, 5) is 11.4. The molecule has 0 atom stereocenters. The first-order valence-corrected chi connectivity index (χ1v) is 3.33. The average molecular weight is 350 g/mol. The van der Waals surface area contributed by atoms with E-state index in [0.29, 0.717) is 11.9 Å². The van der Waals surface area contributed by atoms with Gasteiger partial charge in [0.25, 0.3) is 0 Å². The van der Waals surface area contributed by atoms with E-state index in [1.807, 2.05) is 0 Å². The largest absolute Gasteiger partial charge is 0.397 e. The number of aromatic nitrogens is 3. The average Bonchev–Trinajstić information content (AvgIpc) is 2.03. The fourth-order valence-electron chi connectivity index (χ4n) is 0.551. The Balaban J connectivity index is 0. The van der Waals surface area contributed by atoms with Crippen LogP contribution in [0.3, 0.4) is 0 Å². The molecular formula is C5H7ClN5Y2-. The Morgan fingerprint density at radius 1 is 1.23 bits per heavy atom. The van der Waals surface area contributed by atoms with Crippen LogP contribution in [0.4, 0.5) is 11.9 Å². The third kappa shape index (κ3) is 5.53. The van der Waals surface area contributed by atoms with Crippen LogP contribution < -0.4 is 5.32 Å². The van der Waals surface area contributed by atoms with E-state index in [0.717, 1.165) is 0 Å². The minimum absolute atomic E-state index is 0. The maximum atomic E-state index is 5.55. The van der Waals surface area contributed by atoms with Gasteiger partial charge in [0.2, 0.25) is 0 Å². The molecule has 0 saturated carbocycles. The Labute approximate surface area is 132 Å². The van der Waals surface area contributed by atoms with Crippen molar-refractivity contribution in [1.29, 1.82) is 0 Å². The summed E-state index contributed by atoms with van der Waals surface area (Å²) in [6.45, 7) is 0. The summed E-state index contributed by atoms with van der Waals surface area (Å²) in [7, 11) is 3.29. The van der Waals surface area contributed by atoms with E-state index in [1.165, 1.54) is 0 Å². The summed E-state index contributed by atoms with van der Waals surface area (Å²) in [6.07, 6.45) is 0. The molecule has 0 fully saturated rings. The Morgan fingerprint density at radius 2 is 1.85 bits per heavy atom. The van der Waals surface area contributed by atoms with Crippen LogP contribution in [0.1, 0.15) is 0 Å². The van der Waals surface area contributed by atoms with Gasteiger partial charge in [-0.1, -0.05) is 11.6 Å². The summed E-state index contributed by atoms with van der Waals surface area (Å²) in [5.41, 5.74) is 0. The summed E-state index contributed by atoms with van der Waals surface area (Å²) in [5.74, 6) is 0.750. The molecule has 1 aromatic heterocycles. The molecule has 1 rings (SSSR count). The van der Waals surface area contributed by atoms with Gasteiger partial charge in [-0.2, -0.15) is 0 Å². The Hall–Kier alpha value is 1.11. The van der Waals surface area contributed by atoms with Crippen molar-refractivity contribution < 1.29 is 65.4 Å². The van der Waals surface area contributed by atoms with E-state index >= 15 is 0 Å². The zero-order chi connectivity index (χ0) is 8.27. The molecule has 0 amide bonds. The van der Waals surface area contributed by atoms with E-state index in [9.17, 15) is 0 Å². The monoisotopic (exact) mass is 350 g/mol. The van der Waals surface area contributed by atoms with Crippen molar-refractivity contribution in [2.75, 3.05) is 19.4 Å². The van der Waals surface area contributed by atoms with Crippen molar-refractivity contribution in [2.45, 2.75) is 0 Å². The molecule has 5 nitrogen and oxygen atoms in total. The molecule has 13 heavy (non-hydrogen) atoms. The van der Waals surface area contributed by atoms with Crippen LogP contribution in [0.25, 0.3) is 5.32 Å². The Morgan fingerprint density at radius 3 is 2.31 bits per heavy atom. The molecule has 0 aliphatic carbocycles. The van der Waals surface area contributed by atoms with E-state index in [2.05, 4.69) is 25.6 Å². The van der Waals surface area contributed by atoms with Crippen molar-refractivity contribution in [3.05, 3.63) is 10.6 Å². The summed E-state index contributed by atoms with van der Waals surface area (Å²) in [6, 6.07) is 0. The topological polar surface area (TPSA) is 64.8 Å². The summed E-state index contributed by atoms with van der Waals surface area (Å²) >= 11 is 5.55.